The molecule has 0 radical (unpaired) electrons. The minimum absolute atomic E-state index is 0.0171. The number of imide groups is 1. The molecule has 0 spiro atoms. The Morgan fingerprint density at radius 2 is 1.48 bits per heavy atom. The lowest BCUT2D eigenvalue weighted by Crippen LogP contribution is -2.41. The number of ether oxygens (including phenoxy) is 1. The molecule has 0 atom stereocenters. The van der Waals surface area contributed by atoms with Crippen LogP contribution in [0.15, 0.2) is 60.7 Å². The second kappa shape index (κ2) is 8.70. The third-order valence-electron chi connectivity index (χ3n) is 5.15. The summed E-state index contributed by atoms with van der Waals surface area (Å²) in [5.74, 6) is -1.65. The third-order valence-corrected chi connectivity index (χ3v) is 5.40. The van der Waals surface area contributed by atoms with E-state index in [1.807, 2.05) is 12.1 Å². The number of esters is 1. The predicted molar refractivity (Wildman–Crippen MR) is 115 cm³/mol. The smallest absolute Gasteiger partial charge is 0.306 e. The highest BCUT2D eigenvalue weighted by Crippen LogP contribution is 2.30. The summed E-state index contributed by atoms with van der Waals surface area (Å²) in [5, 5.41) is 2.01. The van der Waals surface area contributed by atoms with Crippen molar-refractivity contribution in [1.82, 2.24) is 4.90 Å². The van der Waals surface area contributed by atoms with Crippen molar-refractivity contribution >= 4 is 45.9 Å². The zero-order valence-electron chi connectivity index (χ0n) is 16.5. The van der Waals surface area contributed by atoms with Gasteiger partial charge in [0.2, 0.25) is 0 Å². The predicted octanol–water partition coefficient (Wildman–Crippen LogP) is 4.30. The quantitative estimate of drug-likeness (QED) is 0.314. The van der Waals surface area contributed by atoms with Crippen molar-refractivity contribution < 1.29 is 23.9 Å². The van der Waals surface area contributed by atoms with Crippen molar-refractivity contribution in [3.8, 4) is 0 Å². The molecule has 7 heteroatoms. The Labute approximate surface area is 183 Å². The van der Waals surface area contributed by atoms with E-state index in [1.54, 1.807) is 48.5 Å². The minimum atomic E-state index is -0.568. The lowest BCUT2D eigenvalue weighted by atomic mass is 9.94. The molecule has 0 fully saturated rings. The largest absolute Gasteiger partial charge is 0.457 e. The average Bonchev–Trinajstić information content (AvgIpc) is 2.78. The zero-order chi connectivity index (χ0) is 22.0. The third kappa shape index (κ3) is 4.20. The van der Waals surface area contributed by atoms with Crippen molar-refractivity contribution in [3.05, 3.63) is 82.4 Å². The fourth-order valence-corrected chi connectivity index (χ4v) is 3.73. The van der Waals surface area contributed by atoms with Gasteiger partial charge in [0.25, 0.3) is 11.8 Å². The fourth-order valence-electron chi connectivity index (χ4n) is 3.60. The Morgan fingerprint density at radius 1 is 0.871 bits per heavy atom. The van der Waals surface area contributed by atoms with Crippen LogP contribution in [-0.4, -0.2) is 41.6 Å². The van der Waals surface area contributed by atoms with Crippen LogP contribution in [0.1, 0.15) is 43.9 Å². The molecule has 0 aromatic heterocycles. The van der Waals surface area contributed by atoms with Gasteiger partial charge < -0.3 is 4.74 Å². The molecule has 31 heavy (non-hydrogen) atoms. The standard InChI is InChI=1S/C24H18ClNO5/c25-17-11-9-15(10-12-17)20(27)14-31-21(28)8-3-13-26-23(29)18-6-1-4-16-5-2-7-19(22(16)18)24(26)30/h1-2,4-7,9-12H,3,8,13-14H2. The first-order valence-electron chi connectivity index (χ1n) is 9.78. The van der Waals surface area contributed by atoms with Gasteiger partial charge >= 0.3 is 5.97 Å². The SMILES string of the molecule is O=C(CCCN1C(=O)c2cccc3cccc(c23)C1=O)OCC(=O)c1ccc(Cl)cc1. The Kier molecular flexibility index (Phi) is 5.82. The molecule has 0 saturated heterocycles. The van der Waals surface area contributed by atoms with E-state index >= 15 is 0 Å². The first-order valence-corrected chi connectivity index (χ1v) is 10.2. The summed E-state index contributed by atoms with van der Waals surface area (Å²) < 4.78 is 5.02. The van der Waals surface area contributed by atoms with E-state index < -0.39 is 5.97 Å². The lowest BCUT2D eigenvalue weighted by molar-refractivity contribution is -0.142. The molecule has 6 nitrogen and oxygen atoms in total. The number of carbonyl (C=O) groups excluding carboxylic acids is 4. The van der Waals surface area contributed by atoms with Crippen molar-refractivity contribution in [2.24, 2.45) is 0 Å². The number of benzene rings is 3. The molecule has 1 aliphatic heterocycles. The number of halogens is 1. The van der Waals surface area contributed by atoms with Crippen molar-refractivity contribution in [3.63, 3.8) is 0 Å². The van der Waals surface area contributed by atoms with E-state index in [2.05, 4.69) is 0 Å². The fraction of sp³-hybridized carbons (Fsp3) is 0.167. The van der Waals surface area contributed by atoms with Gasteiger partial charge in [-0.3, -0.25) is 24.1 Å². The van der Waals surface area contributed by atoms with Crippen LogP contribution >= 0.6 is 11.6 Å². The number of nitrogens with zero attached hydrogens (tertiary/aromatic N) is 1. The maximum atomic E-state index is 12.8. The van der Waals surface area contributed by atoms with E-state index in [-0.39, 0.29) is 43.6 Å². The van der Waals surface area contributed by atoms with Crippen LogP contribution in [0, 0.1) is 0 Å². The van der Waals surface area contributed by atoms with E-state index in [0.29, 0.717) is 27.1 Å². The van der Waals surface area contributed by atoms with E-state index in [0.717, 1.165) is 10.3 Å². The molecule has 3 aromatic rings. The molecule has 1 heterocycles. The Bertz CT molecular complexity index is 1150. The zero-order valence-corrected chi connectivity index (χ0v) is 17.2. The van der Waals surface area contributed by atoms with Crippen LogP contribution in [0.5, 0.6) is 0 Å². The first-order chi connectivity index (χ1) is 15.0. The van der Waals surface area contributed by atoms with Crippen LogP contribution in [0.25, 0.3) is 10.8 Å². The topological polar surface area (TPSA) is 80.8 Å². The summed E-state index contributed by atoms with van der Waals surface area (Å²) in [7, 11) is 0. The van der Waals surface area contributed by atoms with Crippen molar-refractivity contribution in [2.75, 3.05) is 13.2 Å². The molecule has 0 unspecified atom stereocenters. The summed E-state index contributed by atoms with van der Waals surface area (Å²) >= 11 is 5.79. The molecule has 2 amide bonds. The van der Waals surface area contributed by atoms with E-state index in [9.17, 15) is 19.2 Å². The second-order valence-corrected chi connectivity index (χ2v) is 7.60. The van der Waals surface area contributed by atoms with Crippen LogP contribution in [0.3, 0.4) is 0 Å². The summed E-state index contributed by atoms with van der Waals surface area (Å²) in [6.07, 6.45) is 0.223. The average molecular weight is 436 g/mol. The van der Waals surface area contributed by atoms with Gasteiger partial charge in [0.15, 0.2) is 12.4 Å². The number of carbonyl (C=O) groups is 4. The van der Waals surface area contributed by atoms with E-state index in [4.69, 9.17) is 16.3 Å². The van der Waals surface area contributed by atoms with Crippen molar-refractivity contribution in [1.29, 1.82) is 0 Å². The molecule has 3 aromatic carbocycles. The summed E-state index contributed by atoms with van der Waals surface area (Å²) in [5.41, 5.74) is 1.35. The van der Waals surface area contributed by atoms with Gasteiger partial charge in [0.1, 0.15) is 0 Å². The van der Waals surface area contributed by atoms with Gasteiger partial charge in [-0.05, 0) is 48.2 Å². The minimum Gasteiger partial charge on any atom is -0.457 e. The summed E-state index contributed by atoms with van der Waals surface area (Å²) in [4.78, 5) is 50.9. The number of rotatable bonds is 7. The summed E-state index contributed by atoms with van der Waals surface area (Å²) in [6, 6.07) is 17.0. The van der Waals surface area contributed by atoms with Gasteiger partial charge in [-0.25, -0.2) is 0 Å². The van der Waals surface area contributed by atoms with Crippen LogP contribution < -0.4 is 0 Å². The number of amides is 2. The maximum absolute atomic E-state index is 12.8. The molecule has 0 N–H and O–H groups in total. The molecule has 4 rings (SSSR count). The van der Waals surface area contributed by atoms with Gasteiger partial charge in [-0.15, -0.1) is 0 Å². The molecule has 0 bridgehead atoms. The van der Waals surface area contributed by atoms with Crippen molar-refractivity contribution in [2.45, 2.75) is 12.8 Å². The lowest BCUT2D eigenvalue weighted by Gasteiger charge is -2.27. The normalized spacial score (nSPS) is 12.9. The molecule has 0 aliphatic carbocycles. The maximum Gasteiger partial charge on any atom is 0.306 e. The molecule has 1 aliphatic rings. The highest BCUT2D eigenvalue weighted by Gasteiger charge is 2.32. The molecule has 156 valence electrons. The highest BCUT2D eigenvalue weighted by atomic mass is 35.5. The molecule has 0 saturated carbocycles. The molecular weight excluding hydrogens is 418 g/mol. The van der Waals surface area contributed by atoms with Gasteiger partial charge in [0.05, 0.1) is 0 Å². The van der Waals surface area contributed by atoms with E-state index in [1.165, 1.54) is 0 Å². The number of hydrogen-bond donors (Lipinski definition) is 0. The van der Waals surface area contributed by atoms with Crippen LogP contribution in [-0.2, 0) is 9.53 Å². The summed E-state index contributed by atoms with van der Waals surface area (Å²) in [6.45, 7) is -0.292. The highest BCUT2D eigenvalue weighted by molar-refractivity contribution is 6.30. The molecular formula is C24H18ClNO5. The second-order valence-electron chi connectivity index (χ2n) is 7.17. The van der Waals surface area contributed by atoms with Gasteiger partial charge in [-0.2, -0.15) is 0 Å². The number of Topliss-reactive ketones (excluding diaryl/α,β-unsaturated/α-hetero) is 1. The van der Waals surface area contributed by atoms with Crippen LogP contribution in [0.4, 0.5) is 0 Å². The Morgan fingerprint density at radius 3 is 2.10 bits per heavy atom. The monoisotopic (exact) mass is 435 g/mol. The Hall–Kier alpha value is -3.51. The van der Waals surface area contributed by atoms with Gasteiger partial charge in [-0.1, -0.05) is 35.9 Å². The Balaban J connectivity index is 1.33. The van der Waals surface area contributed by atoms with Crippen LogP contribution in [0.2, 0.25) is 5.02 Å². The number of hydrogen-bond acceptors (Lipinski definition) is 5. The first kappa shape index (κ1) is 20.8. The number of ketones is 1. The van der Waals surface area contributed by atoms with Gasteiger partial charge in [0, 0.05) is 40.1 Å².